The summed E-state index contributed by atoms with van der Waals surface area (Å²) in [5, 5.41) is 0. The van der Waals surface area contributed by atoms with Crippen LogP contribution < -0.4 is 0 Å². The van der Waals surface area contributed by atoms with E-state index >= 15 is 0 Å². The van der Waals surface area contributed by atoms with E-state index in [4.69, 9.17) is 0 Å². The highest BCUT2D eigenvalue weighted by atomic mass is 32.2. The average molecular weight is 322 g/mol. The van der Waals surface area contributed by atoms with Gasteiger partial charge in [0.1, 0.15) is 13.1 Å². The summed E-state index contributed by atoms with van der Waals surface area (Å²) in [7, 11) is -1.57. The molecule has 0 atom stereocenters. The van der Waals surface area contributed by atoms with Crippen LogP contribution in [0.25, 0.3) is 0 Å². The van der Waals surface area contributed by atoms with Gasteiger partial charge in [-0.25, -0.2) is 0 Å². The second-order valence-corrected chi connectivity index (χ2v) is 6.94. The summed E-state index contributed by atoms with van der Waals surface area (Å²) in [5.41, 5.74) is 0. The molecule has 1 rings (SSSR count). The van der Waals surface area contributed by atoms with Crippen LogP contribution in [-0.2, 0) is 29.3 Å². The third kappa shape index (κ3) is 4.94. The molecule has 0 aromatic carbocycles. The van der Waals surface area contributed by atoms with Crippen molar-refractivity contribution in [3.05, 3.63) is 0 Å². The predicted molar refractivity (Wildman–Crippen MR) is 74.5 cm³/mol. The molecule has 0 aliphatic carbocycles. The van der Waals surface area contributed by atoms with Crippen LogP contribution >= 0.6 is 0 Å². The Hall–Kier alpha value is -1.19. The number of ether oxygens (including phenoxy) is 2. The first-order valence-corrected chi connectivity index (χ1v) is 8.09. The Morgan fingerprint density at radius 3 is 1.90 bits per heavy atom. The van der Waals surface area contributed by atoms with Gasteiger partial charge < -0.3 is 9.47 Å². The topological polar surface area (TPSA) is 93.2 Å². The molecule has 8 nitrogen and oxygen atoms in total. The standard InChI is InChI=1S/C12H22N2O6S/c1-10-4-6-13(7-5-10)21(17,18)14(8-11(15)19-2)9-12(16)20-3/h10H,4-9H2,1-3H3. The van der Waals surface area contributed by atoms with Crippen molar-refractivity contribution < 1.29 is 27.5 Å². The number of hydrogen-bond acceptors (Lipinski definition) is 6. The first kappa shape index (κ1) is 17.9. The zero-order valence-corrected chi connectivity index (χ0v) is 13.4. The highest BCUT2D eigenvalue weighted by Crippen LogP contribution is 2.20. The lowest BCUT2D eigenvalue weighted by Crippen LogP contribution is -2.50. The quantitative estimate of drug-likeness (QED) is 0.618. The summed E-state index contributed by atoms with van der Waals surface area (Å²) < 4.78 is 36.1. The fourth-order valence-corrected chi connectivity index (χ4v) is 3.55. The molecule has 21 heavy (non-hydrogen) atoms. The molecule has 0 saturated carbocycles. The van der Waals surface area contributed by atoms with Crippen molar-refractivity contribution in [1.29, 1.82) is 0 Å². The molecule has 122 valence electrons. The number of carbonyl (C=O) groups excluding carboxylic acids is 2. The van der Waals surface area contributed by atoms with Crippen LogP contribution in [0.5, 0.6) is 0 Å². The van der Waals surface area contributed by atoms with Gasteiger partial charge in [0.05, 0.1) is 14.2 Å². The summed E-state index contributed by atoms with van der Waals surface area (Å²) in [6.07, 6.45) is 1.51. The number of methoxy groups -OCH3 is 2. The molecule has 1 aliphatic heterocycles. The Morgan fingerprint density at radius 2 is 1.52 bits per heavy atom. The molecule has 0 amide bonds. The number of esters is 2. The Morgan fingerprint density at radius 1 is 1.10 bits per heavy atom. The third-order valence-electron chi connectivity index (χ3n) is 3.46. The first-order valence-electron chi connectivity index (χ1n) is 6.70. The lowest BCUT2D eigenvalue weighted by atomic mass is 10.0. The Bertz CT molecular complexity index is 452. The molecule has 0 N–H and O–H groups in total. The van der Waals surface area contributed by atoms with E-state index in [1.54, 1.807) is 0 Å². The third-order valence-corrected chi connectivity index (χ3v) is 5.39. The molecule has 1 heterocycles. The average Bonchev–Trinajstić information content (AvgIpc) is 2.46. The second kappa shape index (κ2) is 7.71. The summed E-state index contributed by atoms with van der Waals surface area (Å²) >= 11 is 0. The van der Waals surface area contributed by atoms with Crippen LogP contribution in [0.15, 0.2) is 0 Å². The monoisotopic (exact) mass is 322 g/mol. The zero-order chi connectivity index (χ0) is 16.0. The number of carbonyl (C=O) groups is 2. The Kier molecular flexibility index (Phi) is 6.56. The van der Waals surface area contributed by atoms with Gasteiger partial charge in [0, 0.05) is 13.1 Å². The molecule has 1 aliphatic rings. The predicted octanol–water partition coefficient (Wildman–Crippen LogP) is -0.389. The molecule has 1 fully saturated rings. The van der Waals surface area contributed by atoms with Crippen molar-refractivity contribution in [1.82, 2.24) is 8.61 Å². The maximum Gasteiger partial charge on any atom is 0.321 e. The van der Waals surface area contributed by atoms with Crippen molar-refractivity contribution in [2.24, 2.45) is 5.92 Å². The van der Waals surface area contributed by atoms with Crippen molar-refractivity contribution in [2.45, 2.75) is 19.8 Å². The van der Waals surface area contributed by atoms with Crippen LogP contribution in [0.3, 0.4) is 0 Å². The highest BCUT2D eigenvalue weighted by Gasteiger charge is 2.34. The zero-order valence-electron chi connectivity index (χ0n) is 12.6. The fraction of sp³-hybridized carbons (Fsp3) is 0.833. The maximum absolute atomic E-state index is 12.5. The lowest BCUT2D eigenvalue weighted by molar-refractivity contribution is -0.143. The van der Waals surface area contributed by atoms with Crippen LogP contribution in [-0.4, -0.2) is 69.4 Å². The molecule has 1 saturated heterocycles. The van der Waals surface area contributed by atoms with E-state index in [9.17, 15) is 18.0 Å². The molecular formula is C12H22N2O6S. The summed E-state index contributed by atoms with van der Waals surface area (Å²) in [6.45, 7) is 1.79. The van der Waals surface area contributed by atoms with Gasteiger partial charge in [-0.1, -0.05) is 6.92 Å². The maximum atomic E-state index is 12.5. The fourth-order valence-electron chi connectivity index (χ4n) is 2.02. The molecule has 0 aromatic rings. The van der Waals surface area contributed by atoms with Crippen molar-refractivity contribution >= 4 is 22.1 Å². The molecule has 0 unspecified atom stereocenters. The van der Waals surface area contributed by atoms with Crippen molar-refractivity contribution in [3.63, 3.8) is 0 Å². The van der Waals surface area contributed by atoms with E-state index in [2.05, 4.69) is 16.4 Å². The van der Waals surface area contributed by atoms with Gasteiger partial charge in [-0.05, 0) is 18.8 Å². The van der Waals surface area contributed by atoms with Crippen molar-refractivity contribution in [2.75, 3.05) is 40.4 Å². The molecule has 0 spiro atoms. The number of rotatable bonds is 6. The van der Waals surface area contributed by atoms with Gasteiger partial charge in [0.25, 0.3) is 10.2 Å². The van der Waals surface area contributed by atoms with Crippen LogP contribution in [0, 0.1) is 5.92 Å². The normalized spacial score (nSPS) is 17.7. The van der Waals surface area contributed by atoms with Gasteiger partial charge in [-0.15, -0.1) is 0 Å². The van der Waals surface area contributed by atoms with Gasteiger partial charge >= 0.3 is 11.9 Å². The van der Waals surface area contributed by atoms with E-state index in [1.807, 2.05) is 0 Å². The lowest BCUT2D eigenvalue weighted by Gasteiger charge is -2.33. The van der Waals surface area contributed by atoms with Gasteiger partial charge in [0.15, 0.2) is 0 Å². The minimum Gasteiger partial charge on any atom is -0.468 e. The van der Waals surface area contributed by atoms with E-state index < -0.39 is 35.2 Å². The number of nitrogens with zero attached hydrogens (tertiary/aromatic N) is 2. The van der Waals surface area contributed by atoms with E-state index in [1.165, 1.54) is 4.31 Å². The highest BCUT2D eigenvalue weighted by molar-refractivity contribution is 7.86. The molecular weight excluding hydrogens is 300 g/mol. The smallest absolute Gasteiger partial charge is 0.321 e. The van der Waals surface area contributed by atoms with E-state index in [0.717, 1.165) is 31.4 Å². The van der Waals surface area contributed by atoms with Gasteiger partial charge in [-0.3, -0.25) is 9.59 Å². The number of hydrogen-bond donors (Lipinski definition) is 0. The van der Waals surface area contributed by atoms with E-state index in [-0.39, 0.29) is 0 Å². The van der Waals surface area contributed by atoms with Gasteiger partial charge in [0.2, 0.25) is 0 Å². The first-order chi connectivity index (χ1) is 9.81. The summed E-state index contributed by atoms with van der Waals surface area (Å²) in [4.78, 5) is 22.7. The summed E-state index contributed by atoms with van der Waals surface area (Å²) in [6, 6.07) is 0. The second-order valence-electron chi connectivity index (χ2n) is 5.01. The Balaban J connectivity index is 2.88. The van der Waals surface area contributed by atoms with Crippen molar-refractivity contribution in [3.8, 4) is 0 Å². The molecule has 9 heteroatoms. The van der Waals surface area contributed by atoms with Crippen LogP contribution in [0.1, 0.15) is 19.8 Å². The van der Waals surface area contributed by atoms with Gasteiger partial charge in [-0.2, -0.15) is 17.0 Å². The van der Waals surface area contributed by atoms with Crippen LogP contribution in [0.2, 0.25) is 0 Å². The molecule has 0 radical (unpaired) electrons. The number of piperidine rings is 1. The van der Waals surface area contributed by atoms with Crippen LogP contribution in [0.4, 0.5) is 0 Å². The summed E-state index contributed by atoms with van der Waals surface area (Å²) in [5.74, 6) is -0.994. The van der Waals surface area contributed by atoms with E-state index in [0.29, 0.717) is 19.0 Å². The SMILES string of the molecule is COC(=O)CN(CC(=O)OC)S(=O)(=O)N1CCC(C)CC1. The Labute approximate surface area is 125 Å². The minimum atomic E-state index is -3.89. The molecule has 0 bridgehead atoms. The largest absolute Gasteiger partial charge is 0.468 e. The minimum absolute atomic E-state index is 0.377. The molecule has 0 aromatic heterocycles.